The van der Waals surface area contributed by atoms with Gasteiger partial charge in [-0.1, -0.05) is 24.3 Å². The molecule has 1 fully saturated rings. The lowest BCUT2D eigenvalue weighted by molar-refractivity contribution is 0.0950. The molecule has 0 atom stereocenters. The summed E-state index contributed by atoms with van der Waals surface area (Å²) in [5.74, 6) is -0.224. The fourth-order valence-electron chi connectivity index (χ4n) is 2.40. The van der Waals surface area contributed by atoms with Crippen LogP contribution in [0.3, 0.4) is 0 Å². The first-order chi connectivity index (χ1) is 12.3. The standard InChI is InChI=1S/C19H20N2O4S/c1-13(22)15-6-10-18(11-7-15)26(24,25)20-12-14-2-4-16(5-3-14)19(23)21-17-8-9-17/h2-7,10-11,17,20H,8-9,12H2,1H3,(H,21,23). The molecule has 2 aromatic rings. The van der Waals surface area contributed by atoms with Crippen molar-refractivity contribution >= 4 is 21.7 Å². The monoisotopic (exact) mass is 372 g/mol. The number of hydrogen-bond acceptors (Lipinski definition) is 4. The molecule has 0 heterocycles. The number of benzene rings is 2. The molecule has 0 aliphatic heterocycles. The van der Waals surface area contributed by atoms with Gasteiger partial charge < -0.3 is 5.32 Å². The van der Waals surface area contributed by atoms with Gasteiger partial charge in [-0.2, -0.15) is 0 Å². The predicted octanol–water partition coefficient (Wildman–Crippen LogP) is 2.26. The summed E-state index contributed by atoms with van der Waals surface area (Å²) in [6.45, 7) is 1.54. The zero-order chi connectivity index (χ0) is 18.7. The number of carbonyl (C=O) groups excluding carboxylic acids is 2. The first-order valence-corrected chi connectivity index (χ1v) is 9.84. The summed E-state index contributed by atoms with van der Waals surface area (Å²) in [5.41, 5.74) is 1.77. The highest BCUT2D eigenvalue weighted by atomic mass is 32.2. The van der Waals surface area contributed by atoms with E-state index < -0.39 is 10.0 Å². The molecule has 1 aliphatic carbocycles. The largest absolute Gasteiger partial charge is 0.349 e. The van der Waals surface area contributed by atoms with Crippen molar-refractivity contribution < 1.29 is 18.0 Å². The minimum atomic E-state index is -3.68. The van der Waals surface area contributed by atoms with E-state index in [2.05, 4.69) is 10.0 Å². The molecule has 2 N–H and O–H groups in total. The second-order valence-electron chi connectivity index (χ2n) is 6.35. The Morgan fingerprint density at radius 3 is 2.08 bits per heavy atom. The lowest BCUT2D eigenvalue weighted by Gasteiger charge is -2.08. The van der Waals surface area contributed by atoms with Crippen molar-refractivity contribution in [1.82, 2.24) is 10.0 Å². The van der Waals surface area contributed by atoms with Crippen LogP contribution in [-0.2, 0) is 16.6 Å². The SMILES string of the molecule is CC(=O)c1ccc(S(=O)(=O)NCc2ccc(C(=O)NC3CC3)cc2)cc1. The summed E-state index contributed by atoms with van der Waals surface area (Å²) in [6.07, 6.45) is 2.05. The number of carbonyl (C=O) groups is 2. The molecular formula is C19H20N2O4S. The maximum absolute atomic E-state index is 12.3. The molecule has 0 saturated heterocycles. The molecule has 6 nitrogen and oxygen atoms in total. The van der Waals surface area contributed by atoms with E-state index in [4.69, 9.17) is 0 Å². The fraction of sp³-hybridized carbons (Fsp3) is 0.263. The van der Waals surface area contributed by atoms with Gasteiger partial charge in [-0.15, -0.1) is 0 Å². The second-order valence-corrected chi connectivity index (χ2v) is 8.12. The molecule has 0 aromatic heterocycles. The molecule has 2 aromatic carbocycles. The predicted molar refractivity (Wildman–Crippen MR) is 97.4 cm³/mol. The minimum Gasteiger partial charge on any atom is -0.349 e. The number of hydrogen-bond donors (Lipinski definition) is 2. The van der Waals surface area contributed by atoms with E-state index in [1.807, 2.05) is 0 Å². The van der Waals surface area contributed by atoms with Gasteiger partial charge in [-0.05, 0) is 49.6 Å². The van der Waals surface area contributed by atoms with Crippen molar-refractivity contribution in [2.75, 3.05) is 0 Å². The molecular weight excluding hydrogens is 352 g/mol. The molecule has 0 bridgehead atoms. The fourth-order valence-corrected chi connectivity index (χ4v) is 3.42. The first-order valence-electron chi connectivity index (χ1n) is 8.35. The highest BCUT2D eigenvalue weighted by molar-refractivity contribution is 7.89. The summed E-state index contributed by atoms with van der Waals surface area (Å²) in [4.78, 5) is 23.3. The molecule has 1 saturated carbocycles. The van der Waals surface area contributed by atoms with Crippen molar-refractivity contribution in [3.63, 3.8) is 0 Å². The Bertz CT molecular complexity index is 915. The van der Waals surface area contributed by atoms with Crippen LogP contribution in [0.15, 0.2) is 53.4 Å². The average molecular weight is 372 g/mol. The maximum Gasteiger partial charge on any atom is 0.251 e. The summed E-state index contributed by atoms with van der Waals surface area (Å²) in [7, 11) is -3.68. The minimum absolute atomic E-state index is 0.0999. The number of Topliss-reactive ketones (excluding diaryl/α,β-unsaturated/α-hetero) is 1. The number of rotatable bonds is 7. The van der Waals surface area contributed by atoms with Crippen LogP contribution in [0.25, 0.3) is 0 Å². The quantitative estimate of drug-likeness (QED) is 0.729. The Morgan fingerprint density at radius 2 is 1.54 bits per heavy atom. The first kappa shape index (κ1) is 18.3. The zero-order valence-electron chi connectivity index (χ0n) is 14.4. The lowest BCUT2D eigenvalue weighted by atomic mass is 10.1. The smallest absolute Gasteiger partial charge is 0.251 e. The van der Waals surface area contributed by atoms with Crippen LogP contribution in [-0.4, -0.2) is 26.2 Å². The molecule has 0 unspecified atom stereocenters. The van der Waals surface area contributed by atoms with Crippen molar-refractivity contribution in [2.45, 2.75) is 37.2 Å². The van der Waals surface area contributed by atoms with E-state index in [9.17, 15) is 18.0 Å². The van der Waals surface area contributed by atoms with Crippen LogP contribution in [0, 0.1) is 0 Å². The Kier molecular flexibility index (Phi) is 5.20. The summed E-state index contributed by atoms with van der Waals surface area (Å²) < 4.78 is 27.2. The third kappa shape index (κ3) is 4.56. The van der Waals surface area contributed by atoms with Gasteiger partial charge in [-0.25, -0.2) is 13.1 Å². The Balaban J connectivity index is 1.61. The molecule has 136 valence electrons. The van der Waals surface area contributed by atoms with E-state index in [-0.39, 0.29) is 23.1 Å². The van der Waals surface area contributed by atoms with Crippen molar-refractivity contribution in [3.05, 3.63) is 65.2 Å². The molecule has 7 heteroatoms. The third-order valence-electron chi connectivity index (χ3n) is 4.17. The molecule has 26 heavy (non-hydrogen) atoms. The van der Waals surface area contributed by atoms with Crippen LogP contribution in [0.2, 0.25) is 0 Å². The zero-order valence-corrected chi connectivity index (χ0v) is 15.2. The second kappa shape index (κ2) is 7.39. The molecule has 1 aliphatic rings. The van der Waals surface area contributed by atoms with Gasteiger partial charge in [0.1, 0.15) is 0 Å². The van der Waals surface area contributed by atoms with Crippen LogP contribution < -0.4 is 10.0 Å². The van der Waals surface area contributed by atoms with Gasteiger partial charge in [0, 0.05) is 23.7 Å². The van der Waals surface area contributed by atoms with E-state index in [1.54, 1.807) is 24.3 Å². The van der Waals surface area contributed by atoms with Crippen LogP contribution in [0.5, 0.6) is 0 Å². The van der Waals surface area contributed by atoms with Crippen molar-refractivity contribution in [1.29, 1.82) is 0 Å². The van der Waals surface area contributed by atoms with E-state index in [0.29, 0.717) is 17.2 Å². The Morgan fingerprint density at radius 1 is 0.962 bits per heavy atom. The van der Waals surface area contributed by atoms with E-state index >= 15 is 0 Å². The summed E-state index contributed by atoms with van der Waals surface area (Å²) in [6, 6.07) is 12.9. The number of nitrogens with one attached hydrogen (secondary N) is 2. The Hall–Kier alpha value is -2.51. The summed E-state index contributed by atoms with van der Waals surface area (Å²) >= 11 is 0. The number of amides is 1. The van der Waals surface area contributed by atoms with E-state index in [1.165, 1.54) is 31.2 Å². The highest BCUT2D eigenvalue weighted by Gasteiger charge is 2.23. The van der Waals surface area contributed by atoms with Crippen molar-refractivity contribution in [2.24, 2.45) is 0 Å². The molecule has 1 amide bonds. The van der Waals surface area contributed by atoms with Gasteiger partial charge in [0.2, 0.25) is 10.0 Å². The van der Waals surface area contributed by atoms with Gasteiger partial charge in [0.15, 0.2) is 5.78 Å². The van der Waals surface area contributed by atoms with Gasteiger partial charge >= 0.3 is 0 Å². The van der Waals surface area contributed by atoms with Gasteiger partial charge in [0.25, 0.3) is 5.91 Å². The lowest BCUT2D eigenvalue weighted by Crippen LogP contribution is -2.25. The van der Waals surface area contributed by atoms with Gasteiger partial charge in [-0.3, -0.25) is 9.59 Å². The molecule has 0 spiro atoms. The van der Waals surface area contributed by atoms with E-state index in [0.717, 1.165) is 18.4 Å². The Labute approximate surface area is 152 Å². The number of ketones is 1. The van der Waals surface area contributed by atoms with Crippen LogP contribution in [0.4, 0.5) is 0 Å². The van der Waals surface area contributed by atoms with Crippen molar-refractivity contribution in [3.8, 4) is 0 Å². The normalized spacial score (nSPS) is 14.0. The molecule has 0 radical (unpaired) electrons. The molecule has 3 rings (SSSR count). The number of sulfonamides is 1. The van der Waals surface area contributed by atoms with Crippen LogP contribution in [0.1, 0.15) is 46.0 Å². The van der Waals surface area contributed by atoms with Gasteiger partial charge in [0.05, 0.1) is 4.90 Å². The van der Waals surface area contributed by atoms with Crippen LogP contribution >= 0.6 is 0 Å². The average Bonchev–Trinajstić information content (AvgIpc) is 3.44. The third-order valence-corrected chi connectivity index (χ3v) is 5.58. The highest BCUT2D eigenvalue weighted by Crippen LogP contribution is 2.19. The topological polar surface area (TPSA) is 92.3 Å². The summed E-state index contributed by atoms with van der Waals surface area (Å²) in [5, 5.41) is 2.91. The maximum atomic E-state index is 12.3.